The molecule has 156 valence electrons. The van der Waals surface area contributed by atoms with E-state index in [4.69, 9.17) is 0 Å². The number of thioether (sulfide) groups is 1. The minimum atomic E-state index is -2.50. The summed E-state index contributed by atoms with van der Waals surface area (Å²) in [6, 6.07) is 28.2. The van der Waals surface area contributed by atoms with Crippen LogP contribution in [-0.4, -0.2) is 45.1 Å². The molecule has 1 unspecified atom stereocenters. The fraction of sp³-hybridized carbons (Fsp3) is 0.125. The standard InChI is InChI=1S/C24H20NO4PS/c26-22-17-31-24(29)25(22)21(23(27)28)16-30(18-10-4-1-5-11-18,19-12-6-2-7-13-19)20-14-8-3-9-15-20/h1-15,21H,16-17H2/p+1. The summed E-state index contributed by atoms with van der Waals surface area (Å²) >= 11 is 0.859. The molecule has 0 aliphatic carbocycles. The van der Waals surface area contributed by atoms with Gasteiger partial charge in [0, 0.05) is 0 Å². The maximum absolute atomic E-state index is 12.5. The van der Waals surface area contributed by atoms with Crippen LogP contribution in [0.3, 0.4) is 0 Å². The second kappa shape index (κ2) is 9.04. The van der Waals surface area contributed by atoms with Crippen LogP contribution >= 0.6 is 19.0 Å². The quantitative estimate of drug-likeness (QED) is 0.560. The van der Waals surface area contributed by atoms with Crippen molar-refractivity contribution in [3.63, 3.8) is 0 Å². The highest BCUT2D eigenvalue weighted by atomic mass is 32.2. The number of carbonyl (C=O) groups excluding carboxylic acids is 2. The summed E-state index contributed by atoms with van der Waals surface area (Å²) in [4.78, 5) is 38.3. The van der Waals surface area contributed by atoms with Crippen molar-refractivity contribution in [3.8, 4) is 0 Å². The molecule has 1 saturated heterocycles. The van der Waals surface area contributed by atoms with Gasteiger partial charge in [-0.2, -0.15) is 0 Å². The first kappa shape index (κ1) is 21.3. The Balaban J connectivity index is 1.96. The zero-order chi connectivity index (χ0) is 21.8. The SMILES string of the molecule is O=C(O)C(C[P+](c1ccccc1)(c1ccccc1)c1ccccc1)N1C(=O)CSC1=O. The Morgan fingerprint density at radius 2 is 1.26 bits per heavy atom. The molecule has 0 spiro atoms. The number of aliphatic carboxylic acids is 1. The van der Waals surface area contributed by atoms with Crippen molar-refractivity contribution in [1.29, 1.82) is 0 Å². The summed E-state index contributed by atoms with van der Waals surface area (Å²) < 4.78 is 0. The van der Waals surface area contributed by atoms with Gasteiger partial charge in [-0.15, -0.1) is 0 Å². The van der Waals surface area contributed by atoms with Crippen LogP contribution in [0.2, 0.25) is 0 Å². The average Bonchev–Trinajstić information content (AvgIpc) is 3.14. The van der Waals surface area contributed by atoms with Gasteiger partial charge in [-0.25, -0.2) is 4.79 Å². The number of carboxylic acid groups (broad SMARTS) is 1. The second-order valence-corrected chi connectivity index (χ2v) is 11.6. The van der Waals surface area contributed by atoms with Crippen LogP contribution in [0.15, 0.2) is 91.0 Å². The largest absolute Gasteiger partial charge is 0.480 e. The van der Waals surface area contributed by atoms with Gasteiger partial charge in [0.1, 0.15) is 29.3 Å². The van der Waals surface area contributed by atoms with E-state index in [0.29, 0.717) is 0 Å². The smallest absolute Gasteiger partial charge is 0.330 e. The first-order chi connectivity index (χ1) is 15.0. The predicted octanol–water partition coefficient (Wildman–Crippen LogP) is 3.13. The van der Waals surface area contributed by atoms with E-state index in [1.54, 1.807) is 0 Å². The van der Waals surface area contributed by atoms with Crippen LogP contribution in [0.5, 0.6) is 0 Å². The Morgan fingerprint density at radius 1 is 0.839 bits per heavy atom. The summed E-state index contributed by atoms with van der Waals surface area (Å²) in [5.41, 5.74) is 0. The summed E-state index contributed by atoms with van der Waals surface area (Å²) in [7, 11) is -2.50. The van der Waals surface area contributed by atoms with E-state index in [2.05, 4.69) is 0 Å². The molecule has 3 aromatic rings. The molecule has 1 atom stereocenters. The summed E-state index contributed by atoms with van der Waals surface area (Å²) in [6.45, 7) is 0. The van der Waals surface area contributed by atoms with E-state index >= 15 is 0 Å². The molecule has 1 fully saturated rings. The molecule has 0 radical (unpaired) electrons. The molecule has 2 amide bonds. The number of hydrogen-bond acceptors (Lipinski definition) is 4. The van der Waals surface area contributed by atoms with E-state index < -0.39 is 30.4 Å². The third kappa shape index (κ3) is 4.01. The Labute approximate surface area is 185 Å². The van der Waals surface area contributed by atoms with Gasteiger partial charge in [-0.3, -0.25) is 14.5 Å². The van der Waals surface area contributed by atoms with Gasteiger partial charge in [0.05, 0.1) is 5.75 Å². The number of carbonyl (C=O) groups is 3. The van der Waals surface area contributed by atoms with Crippen molar-refractivity contribution in [2.24, 2.45) is 0 Å². The maximum atomic E-state index is 12.5. The van der Waals surface area contributed by atoms with Crippen molar-refractivity contribution in [3.05, 3.63) is 91.0 Å². The van der Waals surface area contributed by atoms with Crippen molar-refractivity contribution in [2.75, 3.05) is 11.9 Å². The molecule has 1 aliphatic heterocycles. The molecular formula is C24H21NO4PS+. The monoisotopic (exact) mass is 450 g/mol. The zero-order valence-corrected chi connectivity index (χ0v) is 18.3. The number of amides is 2. The Hall–Kier alpha value is -2.95. The molecule has 0 saturated carbocycles. The molecule has 7 heteroatoms. The Kier molecular flexibility index (Phi) is 6.21. The van der Waals surface area contributed by atoms with Crippen LogP contribution in [0.25, 0.3) is 0 Å². The lowest BCUT2D eigenvalue weighted by Gasteiger charge is -2.32. The molecule has 1 aliphatic rings. The fourth-order valence-corrected chi connectivity index (χ4v) is 9.17. The van der Waals surface area contributed by atoms with Crippen molar-refractivity contribution >= 4 is 52.1 Å². The van der Waals surface area contributed by atoms with E-state index in [0.717, 1.165) is 32.6 Å². The van der Waals surface area contributed by atoms with Gasteiger partial charge in [-0.1, -0.05) is 66.4 Å². The van der Waals surface area contributed by atoms with Crippen molar-refractivity contribution in [1.82, 2.24) is 4.90 Å². The highest BCUT2D eigenvalue weighted by Gasteiger charge is 2.52. The molecule has 0 bridgehead atoms. The molecule has 4 rings (SSSR count). The zero-order valence-electron chi connectivity index (χ0n) is 16.6. The molecular weight excluding hydrogens is 429 g/mol. The Morgan fingerprint density at radius 3 is 1.58 bits per heavy atom. The van der Waals surface area contributed by atoms with Gasteiger partial charge in [-0.05, 0) is 36.4 Å². The number of hydrogen-bond donors (Lipinski definition) is 1. The van der Waals surface area contributed by atoms with E-state index in [1.807, 2.05) is 91.0 Å². The molecule has 1 N–H and O–H groups in total. The molecule has 5 nitrogen and oxygen atoms in total. The van der Waals surface area contributed by atoms with Gasteiger partial charge < -0.3 is 5.11 Å². The normalized spacial score (nSPS) is 15.2. The average molecular weight is 450 g/mol. The summed E-state index contributed by atoms with van der Waals surface area (Å²) in [5.74, 6) is -1.64. The van der Waals surface area contributed by atoms with Crippen LogP contribution < -0.4 is 15.9 Å². The topological polar surface area (TPSA) is 74.7 Å². The first-order valence-electron chi connectivity index (χ1n) is 9.80. The van der Waals surface area contributed by atoms with Crippen LogP contribution in [0.4, 0.5) is 4.79 Å². The van der Waals surface area contributed by atoms with E-state index in [1.165, 1.54) is 0 Å². The number of carboxylic acids is 1. The second-order valence-electron chi connectivity index (χ2n) is 7.17. The highest BCUT2D eigenvalue weighted by Crippen LogP contribution is 2.56. The van der Waals surface area contributed by atoms with Gasteiger partial charge >= 0.3 is 5.97 Å². The van der Waals surface area contributed by atoms with E-state index in [-0.39, 0.29) is 11.9 Å². The van der Waals surface area contributed by atoms with Gasteiger partial charge in [0.15, 0.2) is 6.04 Å². The molecule has 31 heavy (non-hydrogen) atoms. The van der Waals surface area contributed by atoms with Crippen LogP contribution in [0.1, 0.15) is 0 Å². The fourth-order valence-electron chi connectivity index (χ4n) is 4.01. The van der Waals surface area contributed by atoms with E-state index in [9.17, 15) is 19.5 Å². The number of imide groups is 1. The summed E-state index contributed by atoms with van der Waals surface area (Å²) in [5, 5.41) is 12.7. The Bertz CT molecular complexity index is 980. The molecule has 0 aromatic heterocycles. The lowest BCUT2D eigenvalue weighted by atomic mass is 10.3. The number of nitrogens with zero attached hydrogens (tertiary/aromatic N) is 1. The maximum Gasteiger partial charge on any atom is 0.330 e. The third-order valence-corrected chi connectivity index (χ3v) is 10.7. The third-order valence-electron chi connectivity index (χ3n) is 5.42. The van der Waals surface area contributed by atoms with Crippen molar-refractivity contribution in [2.45, 2.75) is 6.04 Å². The number of rotatable bonds is 7. The lowest BCUT2D eigenvalue weighted by molar-refractivity contribution is -0.145. The lowest BCUT2D eigenvalue weighted by Crippen LogP contribution is -2.50. The minimum absolute atomic E-state index is 0.0178. The number of benzene rings is 3. The molecule has 3 aromatic carbocycles. The minimum Gasteiger partial charge on any atom is -0.480 e. The highest BCUT2D eigenvalue weighted by molar-refractivity contribution is 8.14. The van der Waals surface area contributed by atoms with Gasteiger partial charge in [0.25, 0.3) is 5.24 Å². The predicted molar refractivity (Wildman–Crippen MR) is 126 cm³/mol. The first-order valence-corrected chi connectivity index (χ1v) is 12.8. The van der Waals surface area contributed by atoms with Crippen molar-refractivity contribution < 1.29 is 19.5 Å². The summed E-state index contributed by atoms with van der Waals surface area (Å²) in [6.07, 6.45) is 0.137. The van der Waals surface area contributed by atoms with Crippen LogP contribution in [-0.2, 0) is 9.59 Å². The molecule has 1 heterocycles. The van der Waals surface area contributed by atoms with Crippen LogP contribution in [0, 0.1) is 0 Å². The van der Waals surface area contributed by atoms with Gasteiger partial charge in [0.2, 0.25) is 5.91 Å².